The lowest BCUT2D eigenvalue weighted by Gasteiger charge is -2.11. The average Bonchev–Trinajstić information content (AvgIpc) is 3.14. The van der Waals surface area contributed by atoms with Crippen LogP contribution in [0.15, 0.2) is 48.8 Å². The zero-order valence-corrected chi connectivity index (χ0v) is 14.1. The summed E-state index contributed by atoms with van der Waals surface area (Å²) in [6, 6.07) is 11.6. The molecule has 3 rings (SSSR count). The van der Waals surface area contributed by atoms with E-state index in [4.69, 9.17) is 0 Å². The van der Waals surface area contributed by atoms with Crippen LogP contribution in [0.1, 0.15) is 29.9 Å². The average molecular weight is 323 g/mol. The highest BCUT2D eigenvalue weighted by molar-refractivity contribution is 6.04. The van der Waals surface area contributed by atoms with Crippen LogP contribution in [0.3, 0.4) is 0 Å². The Morgan fingerprint density at radius 2 is 1.92 bits per heavy atom. The number of hydrogen-bond donors (Lipinski definition) is 1. The van der Waals surface area contributed by atoms with Gasteiger partial charge in [-0.15, -0.1) is 0 Å². The summed E-state index contributed by atoms with van der Waals surface area (Å²) >= 11 is 0. The van der Waals surface area contributed by atoms with E-state index in [1.54, 1.807) is 27.8 Å². The van der Waals surface area contributed by atoms with Gasteiger partial charge in [-0.2, -0.15) is 10.2 Å². The maximum atomic E-state index is 12.6. The molecule has 6 nitrogen and oxygen atoms in total. The molecule has 0 unspecified atom stereocenters. The van der Waals surface area contributed by atoms with Crippen molar-refractivity contribution in [1.82, 2.24) is 19.6 Å². The molecule has 0 saturated heterocycles. The van der Waals surface area contributed by atoms with Gasteiger partial charge in [-0.25, -0.2) is 9.36 Å². The topological polar surface area (TPSA) is 64.7 Å². The standard InChI is InChI=1S/C18H21N5O/c1-13(2)12-22-17(9-10-19-22)21-18(24)16-11-20-23(14(16)3)15-7-5-4-6-8-15/h4-11,13H,12H2,1-3H3,(H,21,24). The number of carbonyl (C=O) groups is 1. The SMILES string of the molecule is Cc1c(C(=O)Nc2ccnn2CC(C)C)cnn1-c1ccccc1. The molecule has 124 valence electrons. The third kappa shape index (κ3) is 3.22. The number of rotatable bonds is 5. The number of aromatic nitrogens is 4. The third-order valence-corrected chi connectivity index (χ3v) is 3.75. The van der Waals surface area contributed by atoms with Gasteiger partial charge >= 0.3 is 0 Å². The van der Waals surface area contributed by atoms with Crippen LogP contribution in [0.25, 0.3) is 5.69 Å². The highest BCUT2D eigenvalue weighted by atomic mass is 16.1. The highest BCUT2D eigenvalue weighted by Crippen LogP contribution is 2.16. The minimum atomic E-state index is -0.180. The van der Waals surface area contributed by atoms with Crippen LogP contribution in [-0.2, 0) is 6.54 Å². The molecule has 0 aliphatic rings. The summed E-state index contributed by atoms with van der Waals surface area (Å²) in [5.41, 5.74) is 2.28. The Bertz CT molecular complexity index is 832. The van der Waals surface area contributed by atoms with E-state index in [1.807, 2.05) is 37.3 Å². The van der Waals surface area contributed by atoms with Crippen LogP contribution >= 0.6 is 0 Å². The van der Waals surface area contributed by atoms with Crippen molar-refractivity contribution in [2.24, 2.45) is 5.92 Å². The van der Waals surface area contributed by atoms with Crippen molar-refractivity contribution in [3.05, 3.63) is 60.0 Å². The molecule has 6 heteroatoms. The van der Waals surface area contributed by atoms with Gasteiger partial charge in [0.2, 0.25) is 0 Å². The molecular formula is C18H21N5O. The molecule has 1 N–H and O–H groups in total. The molecular weight excluding hydrogens is 302 g/mol. The van der Waals surface area contributed by atoms with Gasteiger partial charge in [-0.05, 0) is 25.0 Å². The number of nitrogens with one attached hydrogen (secondary N) is 1. The molecule has 0 aliphatic carbocycles. The second kappa shape index (κ2) is 6.70. The van der Waals surface area contributed by atoms with Gasteiger partial charge in [0.05, 0.1) is 29.3 Å². The summed E-state index contributed by atoms with van der Waals surface area (Å²) in [4.78, 5) is 12.6. The lowest BCUT2D eigenvalue weighted by atomic mass is 10.2. The van der Waals surface area contributed by atoms with Gasteiger partial charge in [-0.1, -0.05) is 32.0 Å². The number of benzene rings is 1. The molecule has 0 saturated carbocycles. The zero-order chi connectivity index (χ0) is 17.1. The smallest absolute Gasteiger partial charge is 0.260 e. The van der Waals surface area contributed by atoms with E-state index in [-0.39, 0.29) is 5.91 Å². The molecule has 0 aliphatic heterocycles. The van der Waals surface area contributed by atoms with E-state index in [9.17, 15) is 4.79 Å². The van der Waals surface area contributed by atoms with Crippen molar-refractivity contribution in [2.45, 2.75) is 27.3 Å². The van der Waals surface area contributed by atoms with Crippen molar-refractivity contribution in [2.75, 3.05) is 5.32 Å². The summed E-state index contributed by atoms with van der Waals surface area (Å²) in [6.07, 6.45) is 3.29. The first-order chi connectivity index (χ1) is 11.6. The number of anilines is 1. The third-order valence-electron chi connectivity index (χ3n) is 3.75. The van der Waals surface area contributed by atoms with E-state index in [0.29, 0.717) is 17.3 Å². The fourth-order valence-electron chi connectivity index (χ4n) is 2.58. The molecule has 0 fully saturated rings. The predicted molar refractivity (Wildman–Crippen MR) is 93.3 cm³/mol. The van der Waals surface area contributed by atoms with Gasteiger partial charge in [0.15, 0.2) is 0 Å². The van der Waals surface area contributed by atoms with Crippen molar-refractivity contribution in [1.29, 1.82) is 0 Å². The number of carbonyl (C=O) groups excluding carboxylic acids is 1. The Morgan fingerprint density at radius 3 is 2.62 bits per heavy atom. The zero-order valence-electron chi connectivity index (χ0n) is 14.1. The normalized spacial score (nSPS) is 11.0. The van der Waals surface area contributed by atoms with Gasteiger partial charge in [0.1, 0.15) is 5.82 Å². The van der Waals surface area contributed by atoms with Crippen molar-refractivity contribution in [3.63, 3.8) is 0 Å². The molecule has 0 bridgehead atoms. The summed E-state index contributed by atoms with van der Waals surface area (Å²) in [6.45, 7) is 6.87. The Balaban J connectivity index is 1.82. The van der Waals surface area contributed by atoms with Crippen LogP contribution < -0.4 is 5.32 Å². The number of hydrogen-bond acceptors (Lipinski definition) is 3. The molecule has 2 heterocycles. The van der Waals surface area contributed by atoms with E-state index in [0.717, 1.165) is 17.9 Å². The summed E-state index contributed by atoms with van der Waals surface area (Å²) in [5.74, 6) is 0.962. The fraction of sp³-hybridized carbons (Fsp3) is 0.278. The van der Waals surface area contributed by atoms with Crippen molar-refractivity contribution in [3.8, 4) is 5.69 Å². The monoisotopic (exact) mass is 323 g/mol. The second-order valence-corrected chi connectivity index (χ2v) is 6.14. The first-order valence-electron chi connectivity index (χ1n) is 7.99. The Morgan fingerprint density at radius 1 is 1.17 bits per heavy atom. The first kappa shape index (κ1) is 16.0. The minimum absolute atomic E-state index is 0.180. The van der Waals surface area contributed by atoms with Crippen LogP contribution in [-0.4, -0.2) is 25.5 Å². The highest BCUT2D eigenvalue weighted by Gasteiger charge is 2.17. The first-order valence-corrected chi connectivity index (χ1v) is 7.99. The van der Waals surface area contributed by atoms with Crippen LogP contribution in [0.2, 0.25) is 0 Å². The number of para-hydroxylation sites is 1. The number of nitrogens with zero attached hydrogens (tertiary/aromatic N) is 4. The maximum absolute atomic E-state index is 12.6. The lowest BCUT2D eigenvalue weighted by Crippen LogP contribution is -2.17. The van der Waals surface area contributed by atoms with Gasteiger partial charge < -0.3 is 5.32 Å². The van der Waals surface area contributed by atoms with Crippen molar-refractivity contribution < 1.29 is 4.79 Å². The molecule has 24 heavy (non-hydrogen) atoms. The molecule has 3 aromatic rings. The van der Waals surface area contributed by atoms with Crippen LogP contribution in [0, 0.1) is 12.8 Å². The second-order valence-electron chi connectivity index (χ2n) is 6.14. The van der Waals surface area contributed by atoms with Gasteiger partial charge in [-0.3, -0.25) is 4.79 Å². The quantitative estimate of drug-likeness (QED) is 0.783. The van der Waals surface area contributed by atoms with Crippen LogP contribution in [0.4, 0.5) is 5.82 Å². The molecule has 0 spiro atoms. The van der Waals surface area contributed by atoms with E-state index in [1.165, 1.54) is 0 Å². The predicted octanol–water partition coefficient (Wildman–Crippen LogP) is 3.29. The molecule has 1 aromatic carbocycles. The van der Waals surface area contributed by atoms with Crippen LogP contribution in [0.5, 0.6) is 0 Å². The largest absolute Gasteiger partial charge is 0.307 e. The maximum Gasteiger partial charge on any atom is 0.260 e. The molecule has 0 radical (unpaired) electrons. The summed E-state index contributed by atoms with van der Waals surface area (Å²) < 4.78 is 3.57. The lowest BCUT2D eigenvalue weighted by molar-refractivity contribution is 0.102. The summed E-state index contributed by atoms with van der Waals surface area (Å²) in [7, 11) is 0. The Labute approximate surface area is 141 Å². The molecule has 0 atom stereocenters. The minimum Gasteiger partial charge on any atom is -0.307 e. The van der Waals surface area contributed by atoms with Gasteiger partial charge in [0.25, 0.3) is 5.91 Å². The molecule has 2 aromatic heterocycles. The Kier molecular flexibility index (Phi) is 4.46. The van der Waals surface area contributed by atoms with E-state index in [2.05, 4.69) is 29.4 Å². The van der Waals surface area contributed by atoms with Gasteiger partial charge in [0, 0.05) is 12.6 Å². The Hall–Kier alpha value is -2.89. The van der Waals surface area contributed by atoms with Crippen molar-refractivity contribution >= 4 is 11.7 Å². The number of amides is 1. The summed E-state index contributed by atoms with van der Waals surface area (Å²) in [5, 5.41) is 11.5. The van der Waals surface area contributed by atoms with E-state index >= 15 is 0 Å². The molecule has 1 amide bonds. The fourth-order valence-corrected chi connectivity index (χ4v) is 2.58. The van der Waals surface area contributed by atoms with E-state index < -0.39 is 0 Å².